The van der Waals surface area contributed by atoms with Gasteiger partial charge in [0.15, 0.2) is 5.82 Å². The van der Waals surface area contributed by atoms with Crippen molar-refractivity contribution in [3.05, 3.63) is 77.2 Å². The number of rotatable bonds is 13. The van der Waals surface area contributed by atoms with Crippen LogP contribution >= 0.6 is 0 Å². The van der Waals surface area contributed by atoms with E-state index in [0.29, 0.717) is 36.1 Å². The Morgan fingerprint density at radius 2 is 1.80 bits per heavy atom. The van der Waals surface area contributed by atoms with E-state index in [1.807, 2.05) is 95.3 Å². The number of fused-ring (bicyclic) bond motifs is 1. The van der Waals surface area contributed by atoms with Gasteiger partial charge in [-0.1, -0.05) is 26.0 Å². The quantitative estimate of drug-likeness (QED) is 0.126. The molecule has 0 unspecified atom stereocenters. The summed E-state index contributed by atoms with van der Waals surface area (Å²) in [7, 11) is 7.72. The number of methoxy groups -OCH3 is 1. The largest absolute Gasteiger partial charge is 0.497 e. The molecule has 0 saturated heterocycles. The highest BCUT2D eigenvalue weighted by Crippen LogP contribution is 2.44. The van der Waals surface area contributed by atoms with Gasteiger partial charge in [0.2, 0.25) is 5.95 Å². The van der Waals surface area contributed by atoms with Gasteiger partial charge in [0, 0.05) is 50.1 Å². The fourth-order valence-corrected chi connectivity index (χ4v) is 5.68. The van der Waals surface area contributed by atoms with Gasteiger partial charge in [-0.25, -0.2) is 9.78 Å². The number of esters is 1. The highest BCUT2D eigenvalue weighted by atomic mass is 16.5. The van der Waals surface area contributed by atoms with Crippen LogP contribution in [-0.2, 0) is 16.8 Å². The number of benzene rings is 2. The predicted octanol–water partition coefficient (Wildman–Crippen LogP) is 6.09. The number of nitrogens with one attached hydrogen (secondary N) is 1. The molecule has 1 aliphatic heterocycles. The maximum atomic E-state index is 13.4. The molecule has 5 rings (SSSR count). The van der Waals surface area contributed by atoms with Crippen molar-refractivity contribution in [1.82, 2.24) is 19.9 Å². The fourth-order valence-electron chi connectivity index (χ4n) is 5.68. The lowest BCUT2D eigenvalue weighted by Gasteiger charge is -2.25. The van der Waals surface area contributed by atoms with Crippen molar-refractivity contribution >= 4 is 40.5 Å². The van der Waals surface area contributed by atoms with E-state index in [0.717, 1.165) is 47.2 Å². The maximum absolute atomic E-state index is 13.4. The number of ether oxygens (including phenoxy) is 3. The molecule has 49 heavy (non-hydrogen) atoms. The van der Waals surface area contributed by atoms with Gasteiger partial charge < -0.3 is 40.0 Å². The Morgan fingerprint density at radius 1 is 1.06 bits per heavy atom. The van der Waals surface area contributed by atoms with Crippen molar-refractivity contribution in [2.24, 2.45) is 0 Å². The van der Waals surface area contributed by atoms with Crippen molar-refractivity contribution in [3.63, 3.8) is 0 Å². The van der Waals surface area contributed by atoms with Crippen LogP contribution in [0.5, 0.6) is 11.5 Å². The molecule has 0 atom stereocenters. The first-order chi connectivity index (χ1) is 23.2. The van der Waals surface area contributed by atoms with E-state index in [2.05, 4.69) is 33.9 Å². The van der Waals surface area contributed by atoms with Crippen LogP contribution in [0.1, 0.15) is 55.0 Å². The van der Waals surface area contributed by atoms with E-state index >= 15 is 0 Å². The summed E-state index contributed by atoms with van der Waals surface area (Å²) < 4.78 is 17.3. The Bertz CT molecular complexity index is 1790. The fraction of sp³-hybridized carbons (Fsp3) is 0.405. The average Bonchev–Trinajstić information content (AvgIpc) is 3.32. The first-order valence-corrected chi connectivity index (χ1v) is 16.4. The predicted molar refractivity (Wildman–Crippen MR) is 195 cm³/mol. The molecular formula is C37H48N8O4. The van der Waals surface area contributed by atoms with Crippen LogP contribution in [0.3, 0.4) is 0 Å². The van der Waals surface area contributed by atoms with Gasteiger partial charge in [0.1, 0.15) is 23.7 Å². The molecule has 0 saturated carbocycles. The van der Waals surface area contributed by atoms with Crippen LogP contribution in [0, 0.1) is 6.92 Å². The molecular weight excluding hydrogens is 620 g/mol. The number of aromatic nitrogens is 3. The van der Waals surface area contributed by atoms with Crippen molar-refractivity contribution in [2.75, 3.05) is 68.7 Å². The van der Waals surface area contributed by atoms with Gasteiger partial charge >= 0.3 is 5.97 Å². The van der Waals surface area contributed by atoms with E-state index in [9.17, 15) is 4.79 Å². The normalized spacial score (nSPS) is 13.4. The number of carbonyl (C=O) groups excluding carboxylic acids is 1. The Balaban J connectivity index is 1.54. The summed E-state index contributed by atoms with van der Waals surface area (Å²) in [6.45, 7) is 12.4. The molecule has 3 N–H and O–H groups in total. The van der Waals surface area contributed by atoms with Crippen molar-refractivity contribution < 1.29 is 19.0 Å². The highest BCUT2D eigenvalue weighted by Gasteiger charge is 2.39. The molecule has 3 heterocycles. The third kappa shape index (κ3) is 8.14. The Kier molecular flexibility index (Phi) is 10.5. The second-order valence-corrected chi connectivity index (χ2v) is 13.6. The van der Waals surface area contributed by atoms with E-state index in [-0.39, 0.29) is 23.0 Å². The standard InChI is InChI=1S/C37H48N8O4/c1-23(2)49-35(46)27-20-39-36(42-34(27)45-22-37(4,5)33-30(45)15-10-24(3)40-33)41-29-18-28(38)31(44(8)17-16-43(6)7)19-32(29)48-21-25-11-13-26(47-9)14-12-25/h10-15,18-20,23H,16-17,21-22,38H2,1-9H3,(H,39,41,42). The van der Waals surface area contributed by atoms with Gasteiger partial charge in [-0.05, 0) is 70.8 Å². The van der Waals surface area contributed by atoms with Crippen LogP contribution < -0.4 is 30.3 Å². The third-order valence-electron chi connectivity index (χ3n) is 8.31. The summed E-state index contributed by atoms with van der Waals surface area (Å²) in [5, 5.41) is 3.34. The smallest absolute Gasteiger partial charge is 0.343 e. The molecule has 2 aromatic carbocycles. The second kappa shape index (κ2) is 14.6. The SMILES string of the molecule is COc1ccc(COc2cc(N(C)CCN(C)C)c(N)cc2Nc2ncc(C(=O)OC(C)C)c(N3CC(C)(C)c4nc(C)ccc43)n2)cc1. The van der Waals surface area contributed by atoms with Crippen LogP contribution in [0.15, 0.2) is 54.7 Å². The molecule has 0 radical (unpaired) electrons. The summed E-state index contributed by atoms with van der Waals surface area (Å²) in [4.78, 5) is 34.0. The second-order valence-electron chi connectivity index (χ2n) is 13.6. The zero-order valence-electron chi connectivity index (χ0n) is 30.0. The lowest BCUT2D eigenvalue weighted by Crippen LogP contribution is -2.29. The van der Waals surface area contributed by atoms with Crippen molar-refractivity contribution in [3.8, 4) is 11.5 Å². The zero-order valence-corrected chi connectivity index (χ0v) is 30.0. The number of carbonyl (C=O) groups is 1. The van der Waals surface area contributed by atoms with Crippen molar-refractivity contribution in [1.29, 1.82) is 0 Å². The minimum Gasteiger partial charge on any atom is -0.497 e. The van der Waals surface area contributed by atoms with Crippen molar-refractivity contribution in [2.45, 2.75) is 52.7 Å². The van der Waals surface area contributed by atoms with Crippen LogP contribution in [0.2, 0.25) is 0 Å². The number of aryl methyl sites for hydroxylation is 1. The molecule has 0 aliphatic carbocycles. The number of anilines is 6. The number of hydrogen-bond acceptors (Lipinski definition) is 12. The summed E-state index contributed by atoms with van der Waals surface area (Å²) in [6.07, 6.45) is 1.19. The number of pyridine rings is 1. The molecule has 0 amide bonds. The maximum Gasteiger partial charge on any atom is 0.343 e. The first kappa shape index (κ1) is 35.2. The monoisotopic (exact) mass is 668 g/mol. The lowest BCUT2D eigenvalue weighted by atomic mass is 9.91. The zero-order chi connectivity index (χ0) is 35.5. The highest BCUT2D eigenvalue weighted by molar-refractivity contribution is 5.96. The average molecular weight is 669 g/mol. The van der Waals surface area contributed by atoms with E-state index in [1.54, 1.807) is 7.11 Å². The first-order valence-electron chi connectivity index (χ1n) is 16.4. The number of hydrogen-bond donors (Lipinski definition) is 2. The van der Waals surface area contributed by atoms with Gasteiger partial charge in [-0.3, -0.25) is 4.98 Å². The number of nitrogens with zero attached hydrogens (tertiary/aromatic N) is 6. The Hall–Kier alpha value is -5.10. The van der Waals surface area contributed by atoms with Crippen LogP contribution in [0.4, 0.5) is 34.5 Å². The molecule has 4 aromatic rings. The van der Waals surface area contributed by atoms with Crippen LogP contribution in [-0.4, -0.2) is 79.8 Å². The third-order valence-corrected chi connectivity index (χ3v) is 8.31. The minimum absolute atomic E-state index is 0.261. The molecule has 12 heteroatoms. The molecule has 0 fully saturated rings. The molecule has 2 aromatic heterocycles. The van der Waals surface area contributed by atoms with E-state index in [4.69, 9.17) is 29.9 Å². The number of nitrogen functional groups attached to an aromatic ring is 1. The summed E-state index contributed by atoms with van der Waals surface area (Å²) in [5.74, 6) is 1.53. The Morgan fingerprint density at radius 3 is 2.47 bits per heavy atom. The minimum atomic E-state index is -0.499. The van der Waals surface area contributed by atoms with E-state index in [1.165, 1.54) is 6.20 Å². The summed E-state index contributed by atoms with van der Waals surface area (Å²) in [6, 6.07) is 15.5. The molecule has 1 aliphatic rings. The molecule has 0 bridgehead atoms. The molecule has 12 nitrogen and oxygen atoms in total. The van der Waals surface area contributed by atoms with E-state index < -0.39 is 5.97 Å². The summed E-state index contributed by atoms with van der Waals surface area (Å²) >= 11 is 0. The lowest BCUT2D eigenvalue weighted by molar-refractivity contribution is 0.0378. The van der Waals surface area contributed by atoms with Gasteiger partial charge in [-0.2, -0.15) is 4.98 Å². The van der Waals surface area contributed by atoms with Crippen LogP contribution in [0.25, 0.3) is 0 Å². The van der Waals surface area contributed by atoms with Gasteiger partial charge in [0.25, 0.3) is 0 Å². The molecule has 0 spiro atoms. The number of likely N-dealkylation sites (N-methyl/N-ethyl adjacent to an activating group) is 2. The number of nitrogens with two attached hydrogens (primary N) is 1. The molecule has 260 valence electrons. The van der Waals surface area contributed by atoms with Gasteiger partial charge in [-0.15, -0.1) is 0 Å². The van der Waals surface area contributed by atoms with Gasteiger partial charge in [0.05, 0.1) is 41.7 Å². The Labute approximate surface area is 289 Å². The topological polar surface area (TPSA) is 131 Å². The summed E-state index contributed by atoms with van der Waals surface area (Å²) in [5.41, 5.74) is 12.3.